The maximum Gasteiger partial charge on any atom is 0.246 e. The fourth-order valence-corrected chi connectivity index (χ4v) is 3.35. The average molecular weight is 335 g/mol. The maximum atomic E-state index is 12.6. The minimum atomic E-state index is 0.103. The van der Waals surface area contributed by atoms with Gasteiger partial charge in [0.05, 0.1) is 7.11 Å². The van der Waals surface area contributed by atoms with E-state index in [1.54, 1.807) is 13.2 Å². The topological polar surface area (TPSA) is 29.5 Å². The number of ether oxygens (including phenoxy) is 1. The van der Waals surface area contributed by atoms with Crippen LogP contribution < -0.4 is 4.74 Å². The van der Waals surface area contributed by atoms with Crippen LogP contribution in [0.3, 0.4) is 0 Å². The molecule has 1 fully saturated rings. The molecule has 0 aromatic heterocycles. The van der Waals surface area contributed by atoms with Crippen molar-refractivity contribution >= 4 is 12.0 Å². The van der Waals surface area contributed by atoms with Crippen molar-refractivity contribution < 1.29 is 9.53 Å². The van der Waals surface area contributed by atoms with E-state index in [1.165, 1.54) is 11.1 Å². The third-order valence-electron chi connectivity index (χ3n) is 4.76. The van der Waals surface area contributed by atoms with Gasteiger partial charge >= 0.3 is 0 Å². The van der Waals surface area contributed by atoms with E-state index in [0.717, 1.165) is 37.1 Å². The van der Waals surface area contributed by atoms with Crippen LogP contribution in [0.4, 0.5) is 0 Å². The quantitative estimate of drug-likeness (QED) is 0.765. The van der Waals surface area contributed by atoms with Crippen LogP contribution in [0.5, 0.6) is 5.75 Å². The Balaban J connectivity index is 1.65. The van der Waals surface area contributed by atoms with Crippen molar-refractivity contribution in [1.29, 1.82) is 0 Å². The summed E-state index contributed by atoms with van der Waals surface area (Å²) in [5.74, 6) is 0.971. The summed E-state index contributed by atoms with van der Waals surface area (Å²) in [7, 11) is 1.68. The van der Waals surface area contributed by atoms with E-state index in [2.05, 4.69) is 31.2 Å². The summed E-state index contributed by atoms with van der Waals surface area (Å²) in [5.41, 5.74) is 3.50. The Bertz CT molecular complexity index is 749. The Hall–Kier alpha value is -2.55. The number of amides is 1. The number of carbonyl (C=O) groups excluding carboxylic acids is 1. The summed E-state index contributed by atoms with van der Waals surface area (Å²) < 4.78 is 5.30. The molecular formula is C22H25NO2. The first-order valence-electron chi connectivity index (χ1n) is 8.84. The van der Waals surface area contributed by atoms with E-state index < -0.39 is 0 Å². The first kappa shape index (κ1) is 17.3. The highest BCUT2D eigenvalue weighted by molar-refractivity contribution is 5.92. The highest BCUT2D eigenvalue weighted by Crippen LogP contribution is 2.23. The summed E-state index contributed by atoms with van der Waals surface area (Å²) in [6, 6.07) is 16.6. The molecule has 1 saturated heterocycles. The highest BCUT2D eigenvalue weighted by atomic mass is 16.5. The second-order valence-corrected chi connectivity index (χ2v) is 6.63. The molecule has 0 radical (unpaired) electrons. The SMILES string of the molecule is COc1cccc(CC2CCCN2C(=O)/C=C/c2ccc(C)cc2)c1. The van der Waals surface area contributed by atoms with Crippen molar-refractivity contribution in [2.75, 3.05) is 13.7 Å². The molecule has 1 heterocycles. The second-order valence-electron chi connectivity index (χ2n) is 6.63. The van der Waals surface area contributed by atoms with Crippen molar-refractivity contribution in [3.8, 4) is 5.75 Å². The molecule has 1 aliphatic heterocycles. The van der Waals surface area contributed by atoms with E-state index in [1.807, 2.05) is 35.2 Å². The molecule has 0 aliphatic carbocycles. The van der Waals surface area contributed by atoms with Gasteiger partial charge in [-0.25, -0.2) is 0 Å². The lowest BCUT2D eigenvalue weighted by Gasteiger charge is -2.23. The summed E-state index contributed by atoms with van der Waals surface area (Å²) in [6.45, 7) is 2.90. The molecule has 3 rings (SSSR count). The maximum absolute atomic E-state index is 12.6. The molecule has 0 N–H and O–H groups in total. The fraction of sp³-hybridized carbons (Fsp3) is 0.318. The van der Waals surface area contributed by atoms with Crippen molar-refractivity contribution in [3.05, 3.63) is 71.3 Å². The second kappa shape index (κ2) is 8.02. The zero-order valence-corrected chi connectivity index (χ0v) is 14.9. The van der Waals surface area contributed by atoms with Crippen LogP contribution in [0, 0.1) is 6.92 Å². The predicted molar refractivity (Wildman–Crippen MR) is 102 cm³/mol. The van der Waals surface area contributed by atoms with Gasteiger partial charge in [-0.05, 0) is 55.5 Å². The molecule has 2 aromatic rings. The molecule has 3 heteroatoms. The van der Waals surface area contributed by atoms with Crippen molar-refractivity contribution in [1.82, 2.24) is 4.90 Å². The van der Waals surface area contributed by atoms with Gasteiger partial charge in [-0.2, -0.15) is 0 Å². The molecular weight excluding hydrogens is 310 g/mol. The van der Waals surface area contributed by atoms with Gasteiger partial charge in [0.1, 0.15) is 5.75 Å². The van der Waals surface area contributed by atoms with E-state index in [0.29, 0.717) is 0 Å². The number of rotatable bonds is 5. The lowest BCUT2D eigenvalue weighted by molar-refractivity contribution is -0.126. The van der Waals surface area contributed by atoms with Gasteiger partial charge in [0.2, 0.25) is 5.91 Å². The Kier molecular flexibility index (Phi) is 5.54. The normalized spacial score (nSPS) is 17.2. The van der Waals surface area contributed by atoms with Gasteiger partial charge in [0.15, 0.2) is 0 Å². The average Bonchev–Trinajstić information content (AvgIpc) is 3.09. The number of methoxy groups -OCH3 is 1. The molecule has 0 bridgehead atoms. The third kappa shape index (κ3) is 4.50. The molecule has 1 unspecified atom stereocenters. The Morgan fingerprint density at radius 2 is 2.04 bits per heavy atom. The summed E-state index contributed by atoms with van der Waals surface area (Å²) >= 11 is 0. The molecule has 3 nitrogen and oxygen atoms in total. The monoisotopic (exact) mass is 335 g/mol. The Labute approximate surface area is 149 Å². The number of hydrogen-bond donors (Lipinski definition) is 0. The molecule has 0 saturated carbocycles. The predicted octanol–water partition coefficient (Wildman–Crippen LogP) is 4.25. The van der Waals surface area contributed by atoms with Crippen molar-refractivity contribution in [3.63, 3.8) is 0 Å². The van der Waals surface area contributed by atoms with Crippen LogP contribution in [0.15, 0.2) is 54.6 Å². The first-order chi connectivity index (χ1) is 12.2. The minimum Gasteiger partial charge on any atom is -0.497 e. The van der Waals surface area contributed by atoms with E-state index >= 15 is 0 Å². The summed E-state index contributed by atoms with van der Waals surface area (Å²) in [5, 5.41) is 0. The van der Waals surface area contributed by atoms with Gasteiger partial charge < -0.3 is 9.64 Å². The number of aryl methyl sites for hydroxylation is 1. The van der Waals surface area contributed by atoms with Crippen LogP contribution in [0.2, 0.25) is 0 Å². The van der Waals surface area contributed by atoms with Gasteiger partial charge in [-0.3, -0.25) is 4.79 Å². The van der Waals surface area contributed by atoms with Crippen LogP contribution in [0.25, 0.3) is 6.08 Å². The van der Waals surface area contributed by atoms with Gasteiger partial charge in [0, 0.05) is 18.7 Å². The number of benzene rings is 2. The van der Waals surface area contributed by atoms with Gasteiger partial charge in [0.25, 0.3) is 0 Å². The lowest BCUT2D eigenvalue weighted by Crippen LogP contribution is -2.35. The van der Waals surface area contributed by atoms with Crippen LogP contribution in [0.1, 0.15) is 29.5 Å². The molecule has 130 valence electrons. The highest BCUT2D eigenvalue weighted by Gasteiger charge is 2.27. The van der Waals surface area contributed by atoms with Crippen molar-refractivity contribution in [2.45, 2.75) is 32.2 Å². The molecule has 1 atom stereocenters. The number of hydrogen-bond acceptors (Lipinski definition) is 2. The van der Waals surface area contributed by atoms with E-state index in [9.17, 15) is 4.79 Å². The van der Waals surface area contributed by atoms with E-state index in [-0.39, 0.29) is 11.9 Å². The molecule has 1 amide bonds. The zero-order chi connectivity index (χ0) is 17.6. The van der Waals surface area contributed by atoms with Crippen LogP contribution >= 0.6 is 0 Å². The number of likely N-dealkylation sites (tertiary alicyclic amines) is 1. The summed E-state index contributed by atoms with van der Waals surface area (Å²) in [6.07, 6.45) is 6.61. The Morgan fingerprint density at radius 1 is 1.24 bits per heavy atom. The van der Waals surface area contributed by atoms with Crippen LogP contribution in [-0.4, -0.2) is 30.5 Å². The van der Waals surface area contributed by atoms with Gasteiger partial charge in [-0.15, -0.1) is 0 Å². The number of carbonyl (C=O) groups is 1. The minimum absolute atomic E-state index is 0.103. The smallest absolute Gasteiger partial charge is 0.246 e. The standard InChI is InChI=1S/C22H25NO2/c1-17-8-10-18(11-9-17)12-13-22(24)23-14-4-6-20(23)15-19-5-3-7-21(16-19)25-2/h3,5,7-13,16,20H,4,6,14-15H2,1-2H3/b13-12+. The molecule has 25 heavy (non-hydrogen) atoms. The fourth-order valence-electron chi connectivity index (χ4n) is 3.35. The zero-order valence-electron chi connectivity index (χ0n) is 14.9. The lowest BCUT2D eigenvalue weighted by atomic mass is 10.0. The molecule has 1 aliphatic rings. The Morgan fingerprint density at radius 3 is 2.80 bits per heavy atom. The third-order valence-corrected chi connectivity index (χ3v) is 4.76. The van der Waals surface area contributed by atoms with Crippen LogP contribution in [-0.2, 0) is 11.2 Å². The molecule has 0 spiro atoms. The number of nitrogens with zero attached hydrogens (tertiary/aromatic N) is 1. The van der Waals surface area contributed by atoms with Crippen molar-refractivity contribution in [2.24, 2.45) is 0 Å². The largest absolute Gasteiger partial charge is 0.497 e. The first-order valence-corrected chi connectivity index (χ1v) is 8.84. The van der Waals surface area contributed by atoms with Gasteiger partial charge in [-0.1, -0.05) is 42.0 Å². The summed E-state index contributed by atoms with van der Waals surface area (Å²) in [4.78, 5) is 14.6. The van der Waals surface area contributed by atoms with E-state index in [4.69, 9.17) is 4.74 Å². The molecule has 2 aromatic carbocycles.